The molecule has 5 rings (SSSR count). The molecule has 36 heavy (non-hydrogen) atoms. The Morgan fingerprint density at radius 3 is 2.75 bits per heavy atom. The highest BCUT2D eigenvalue weighted by Crippen LogP contribution is 2.34. The molecule has 0 saturated carbocycles. The summed E-state index contributed by atoms with van der Waals surface area (Å²) in [4.78, 5) is 29.5. The molecule has 2 N–H and O–H groups in total. The zero-order chi connectivity index (χ0) is 25.1. The maximum Gasteiger partial charge on any atom is 0.261 e. The summed E-state index contributed by atoms with van der Waals surface area (Å²) in [5.74, 6) is 0.590. The average molecular weight is 479 g/mol. The molecule has 1 aliphatic rings. The first-order chi connectivity index (χ1) is 17.5. The Morgan fingerprint density at radius 1 is 1.17 bits per heavy atom. The number of anilines is 3. The van der Waals surface area contributed by atoms with E-state index in [2.05, 4.69) is 60.9 Å². The maximum atomic E-state index is 11.9. The quantitative estimate of drug-likeness (QED) is 0.301. The van der Waals surface area contributed by atoms with Crippen LogP contribution in [0.5, 0.6) is 0 Å². The third kappa shape index (κ3) is 4.80. The number of nitrogens with zero attached hydrogens (tertiary/aromatic N) is 6. The van der Waals surface area contributed by atoms with Crippen LogP contribution in [0.1, 0.15) is 5.56 Å². The molecule has 1 aliphatic heterocycles. The fraction of sp³-hybridized carbons (Fsp3) is 0.222. The number of allylic oxidation sites excluding steroid dienone is 1. The Balaban J connectivity index is 1.51. The Morgan fingerprint density at radius 2 is 1.97 bits per heavy atom. The second-order valence-electron chi connectivity index (χ2n) is 8.79. The van der Waals surface area contributed by atoms with E-state index in [0.717, 1.165) is 48.7 Å². The minimum atomic E-state index is -0.0623. The van der Waals surface area contributed by atoms with Gasteiger partial charge in [0.25, 0.3) is 5.82 Å². The van der Waals surface area contributed by atoms with Gasteiger partial charge in [-0.15, -0.1) is 0 Å². The van der Waals surface area contributed by atoms with Gasteiger partial charge in [-0.25, -0.2) is 10.1 Å². The standard InChI is InChI=1S/C27H26N8O/c1-4-22(36)16-18-7-5-8-19(15-18)24-23-25(28-2)32-33-26(23)31-27(30-24)29-20-9-6-10-21(17-20)35-13-11-34(3)12-14-35/h4-10,15,17H,1,11-14,16H2,3H3,(H2,29,30,31,32,33). The Labute approximate surface area is 209 Å². The summed E-state index contributed by atoms with van der Waals surface area (Å²) in [5, 5.41) is 10.9. The van der Waals surface area contributed by atoms with E-state index < -0.39 is 0 Å². The third-order valence-corrected chi connectivity index (χ3v) is 6.28. The van der Waals surface area contributed by atoms with E-state index in [1.807, 2.05) is 36.4 Å². The summed E-state index contributed by atoms with van der Waals surface area (Å²) in [6, 6.07) is 15.8. The number of aromatic amines is 1. The highest BCUT2D eigenvalue weighted by Gasteiger charge is 2.18. The lowest BCUT2D eigenvalue weighted by Crippen LogP contribution is -2.44. The van der Waals surface area contributed by atoms with Crippen molar-refractivity contribution in [3.05, 3.63) is 78.2 Å². The van der Waals surface area contributed by atoms with Crippen LogP contribution in [0.25, 0.3) is 27.1 Å². The van der Waals surface area contributed by atoms with Crippen LogP contribution < -0.4 is 10.2 Å². The number of H-pyrrole nitrogens is 1. The molecule has 9 nitrogen and oxygen atoms in total. The largest absolute Gasteiger partial charge is 0.369 e. The normalized spacial score (nSPS) is 13.9. The molecule has 0 amide bonds. The van der Waals surface area contributed by atoms with Gasteiger partial charge >= 0.3 is 0 Å². The molecule has 0 bridgehead atoms. The first kappa shape index (κ1) is 23.2. The number of carbonyl (C=O) groups is 1. The zero-order valence-electron chi connectivity index (χ0n) is 20.0. The SMILES string of the molecule is [C-]#[N+]c1[nH]nc2nc(Nc3cccc(N4CCN(C)CC4)c3)nc(-c3cccc(CC(=O)C=C)c3)c12. The molecule has 0 spiro atoms. The molecule has 4 aromatic rings. The lowest BCUT2D eigenvalue weighted by molar-refractivity contribution is -0.114. The number of fused-ring (bicyclic) bond motifs is 1. The minimum absolute atomic E-state index is 0.0623. The van der Waals surface area contributed by atoms with E-state index >= 15 is 0 Å². The van der Waals surface area contributed by atoms with Crippen molar-refractivity contribution in [3.8, 4) is 11.3 Å². The number of rotatable bonds is 7. The third-order valence-electron chi connectivity index (χ3n) is 6.28. The molecule has 0 atom stereocenters. The van der Waals surface area contributed by atoms with E-state index in [9.17, 15) is 4.79 Å². The summed E-state index contributed by atoms with van der Waals surface area (Å²) in [6.45, 7) is 15.1. The summed E-state index contributed by atoms with van der Waals surface area (Å²) in [6.07, 6.45) is 1.57. The van der Waals surface area contributed by atoms with Crippen LogP contribution in [0.3, 0.4) is 0 Å². The number of benzene rings is 2. The highest BCUT2D eigenvalue weighted by atomic mass is 16.1. The van der Waals surface area contributed by atoms with Crippen molar-refractivity contribution in [2.75, 3.05) is 43.4 Å². The molecule has 3 heterocycles. The van der Waals surface area contributed by atoms with Crippen LogP contribution in [0.4, 0.5) is 23.1 Å². The summed E-state index contributed by atoms with van der Waals surface area (Å²) in [7, 11) is 2.14. The smallest absolute Gasteiger partial charge is 0.261 e. The first-order valence-electron chi connectivity index (χ1n) is 11.7. The van der Waals surface area contributed by atoms with Crippen molar-refractivity contribution in [1.82, 2.24) is 25.1 Å². The maximum absolute atomic E-state index is 11.9. The number of carbonyl (C=O) groups excluding carboxylic acids is 1. The van der Waals surface area contributed by atoms with Gasteiger partial charge in [0.05, 0.1) is 11.1 Å². The molecule has 0 radical (unpaired) electrons. The van der Waals surface area contributed by atoms with Gasteiger partial charge in [-0.05, 0) is 43.0 Å². The fourth-order valence-electron chi connectivity index (χ4n) is 4.33. The number of piperazine rings is 1. The van der Waals surface area contributed by atoms with Crippen molar-refractivity contribution in [2.45, 2.75) is 6.42 Å². The molecule has 2 aromatic carbocycles. The predicted molar refractivity (Wildman–Crippen MR) is 142 cm³/mol. The Hall–Kier alpha value is -4.55. The summed E-state index contributed by atoms with van der Waals surface area (Å²) < 4.78 is 0. The van der Waals surface area contributed by atoms with Gasteiger partial charge in [0.15, 0.2) is 11.4 Å². The molecule has 0 aliphatic carbocycles. The average Bonchev–Trinajstić information content (AvgIpc) is 3.32. The van der Waals surface area contributed by atoms with Crippen LogP contribution in [-0.2, 0) is 11.2 Å². The van der Waals surface area contributed by atoms with Gasteiger partial charge in [-0.2, -0.15) is 4.98 Å². The van der Waals surface area contributed by atoms with Crippen LogP contribution in [0.2, 0.25) is 0 Å². The topological polar surface area (TPSA) is 94.4 Å². The molecule has 0 unspecified atom stereocenters. The van der Waals surface area contributed by atoms with Crippen molar-refractivity contribution in [1.29, 1.82) is 0 Å². The summed E-state index contributed by atoms with van der Waals surface area (Å²) >= 11 is 0. The Kier molecular flexibility index (Phi) is 6.43. The Bertz CT molecular complexity index is 1480. The lowest BCUT2D eigenvalue weighted by Gasteiger charge is -2.34. The van der Waals surface area contributed by atoms with Crippen LogP contribution in [0.15, 0.2) is 61.2 Å². The zero-order valence-corrected chi connectivity index (χ0v) is 20.0. The van der Waals surface area contributed by atoms with Crippen molar-refractivity contribution in [3.63, 3.8) is 0 Å². The molecular weight excluding hydrogens is 452 g/mol. The number of hydrogen-bond acceptors (Lipinski definition) is 7. The van der Waals surface area contributed by atoms with Crippen molar-refractivity contribution >= 4 is 40.0 Å². The number of nitrogens with one attached hydrogen (secondary N) is 2. The molecule has 180 valence electrons. The second-order valence-corrected chi connectivity index (χ2v) is 8.79. The lowest BCUT2D eigenvalue weighted by atomic mass is 10.0. The van der Waals surface area contributed by atoms with Crippen LogP contribution >= 0.6 is 0 Å². The minimum Gasteiger partial charge on any atom is -0.369 e. The van der Waals surface area contributed by atoms with Gasteiger partial charge in [0, 0.05) is 49.5 Å². The molecule has 2 aromatic heterocycles. The number of likely N-dealkylation sites (N-methyl/N-ethyl adjacent to an activating group) is 1. The second kappa shape index (κ2) is 9.98. The first-order valence-corrected chi connectivity index (χ1v) is 11.7. The fourth-order valence-corrected chi connectivity index (χ4v) is 4.33. The van der Waals surface area contributed by atoms with Crippen LogP contribution in [0, 0.1) is 6.57 Å². The van der Waals surface area contributed by atoms with Gasteiger partial charge in [0.2, 0.25) is 5.95 Å². The molecule has 9 heteroatoms. The van der Waals surface area contributed by atoms with Gasteiger partial charge in [0.1, 0.15) is 0 Å². The molecule has 1 fully saturated rings. The number of aromatic nitrogens is 4. The van der Waals surface area contributed by atoms with Gasteiger partial charge < -0.3 is 20.0 Å². The van der Waals surface area contributed by atoms with E-state index in [1.165, 1.54) is 6.08 Å². The van der Waals surface area contributed by atoms with Crippen molar-refractivity contribution in [2.24, 2.45) is 0 Å². The van der Waals surface area contributed by atoms with E-state index in [1.54, 1.807) is 0 Å². The van der Waals surface area contributed by atoms with E-state index in [4.69, 9.17) is 11.6 Å². The van der Waals surface area contributed by atoms with Gasteiger partial charge in [-0.3, -0.25) is 4.79 Å². The van der Waals surface area contributed by atoms with E-state index in [0.29, 0.717) is 22.7 Å². The van der Waals surface area contributed by atoms with E-state index in [-0.39, 0.29) is 18.0 Å². The molecular formula is C27H26N8O. The number of hydrogen-bond donors (Lipinski definition) is 2. The predicted octanol–water partition coefficient (Wildman–Crippen LogP) is 4.36. The number of ketones is 1. The monoisotopic (exact) mass is 478 g/mol. The molecule has 1 saturated heterocycles. The van der Waals surface area contributed by atoms with Gasteiger partial charge in [-0.1, -0.05) is 42.5 Å². The summed E-state index contributed by atoms with van der Waals surface area (Å²) in [5.41, 5.74) is 4.59. The van der Waals surface area contributed by atoms with Crippen molar-refractivity contribution < 1.29 is 4.79 Å². The highest BCUT2D eigenvalue weighted by molar-refractivity contribution is 6.00. The van der Waals surface area contributed by atoms with Crippen LogP contribution in [-0.4, -0.2) is 64.1 Å².